The fourth-order valence-corrected chi connectivity index (χ4v) is 2.69. The van der Waals surface area contributed by atoms with Crippen LogP contribution in [-0.2, 0) is 7.05 Å². The highest BCUT2D eigenvalue weighted by molar-refractivity contribution is 9.10. The number of aromatic amines is 1. The number of hydrogen-bond donors (Lipinski definition) is 1. The van der Waals surface area contributed by atoms with Crippen LogP contribution in [0.15, 0.2) is 44.5 Å². The second-order valence-electron chi connectivity index (χ2n) is 5.21. The Balaban J connectivity index is 2.11. The molecule has 0 spiro atoms. The molecule has 3 rings (SSSR count). The molecule has 0 unspecified atom stereocenters. The number of aryl methyl sites for hydroxylation is 1. The lowest BCUT2D eigenvalue weighted by molar-refractivity contribution is 0.0964. The zero-order valence-electron chi connectivity index (χ0n) is 12.4. The summed E-state index contributed by atoms with van der Waals surface area (Å²) >= 11 is 3.32. The van der Waals surface area contributed by atoms with E-state index in [1.807, 2.05) is 0 Å². The van der Waals surface area contributed by atoms with E-state index in [0.29, 0.717) is 11.3 Å². The Labute approximate surface area is 138 Å². The number of carbonyl (C=O) groups is 1. The van der Waals surface area contributed by atoms with Crippen LogP contribution in [0.2, 0.25) is 0 Å². The zero-order chi connectivity index (χ0) is 16.7. The number of H-pyrrole nitrogens is 1. The van der Waals surface area contributed by atoms with E-state index in [4.69, 9.17) is 0 Å². The van der Waals surface area contributed by atoms with Gasteiger partial charge in [-0.15, -0.1) is 0 Å². The first-order chi connectivity index (χ1) is 10.9. The van der Waals surface area contributed by atoms with Crippen molar-refractivity contribution in [3.05, 3.63) is 67.2 Å². The third-order valence-corrected chi connectivity index (χ3v) is 4.29. The maximum Gasteiger partial charge on any atom is 0.336 e. The van der Waals surface area contributed by atoms with E-state index in [2.05, 4.69) is 25.9 Å². The normalized spacial score (nSPS) is 12.5. The van der Waals surface area contributed by atoms with E-state index in [9.17, 15) is 14.4 Å². The average molecular weight is 377 g/mol. The molecule has 0 bridgehead atoms. The van der Waals surface area contributed by atoms with Gasteiger partial charge in [0.15, 0.2) is 5.78 Å². The van der Waals surface area contributed by atoms with Gasteiger partial charge in [-0.1, -0.05) is 28.1 Å². The highest BCUT2D eigenvalue weighted by atomic mass is 79.9. The lowest BCUT2D eigenvalue weighted by Crippen LogP contribution is -2.34. The minimum absolute atomic E-state index is 0.132. The van der Waals surface area contributed by atoms with E-state index in [0.717, 1.165) is 4.47 Å². The summed E-state index contributed by atoms with van der Waals surface area (Å²) in [7, 11) is 1.51. The molecular weight excluding hydrogens is 364 g/mol. The molecule has 1 aromatic carbocycles. The van der Waals surface area contributed by atoms with E-state index in [1.165, 1.54) is 22.2 Å². The van der Waals surface area contributed by atoms with Crippen LogP contribution in [0.1, 0.15) is 28.9 Å². The quantitative estimate of drug-likeness (QED) is 0.700. The van der Waals surface area contributed by atoms with Crippen LogP contribution in [0.4, 0.5) is 0 Å². The Bertz CT molecular complexity index is 1010. The molecular formula is C15H13BrN4O3. The van der Waals surface area contributed by atoms with Crippen molar-refractivity contribution in [3.63, 3.8) is 0 Å². The fourth-order valence-electron chi connectivity index (χ4n) is 2.43. The molecule has 0 radical (unpaired) electrons. The Morgan fingerprint density at radius 1 is 1.22 bits per heavy atom. The smallest absolute Gasteiger partial charge is 0.293 e. The first-order valence-electron chi connectivity index (χ1n) is 6.86. The molecule has 2 heterocycles. The molecule has 118 valence electrons. The number of halogens is 1. The molecule has 7 nitrogen and oxygen atoms in total. The standard InChI is InChI=1S/C15H13BrN4O3/c1-8(12(21)9-3-5-10(16)6-4-9)11-7-17-13-19(2)14(22)18-15(23)20(11)13/h3-8H,1-2H3,(H,18,22,23)/t8-/m1/s1. The molecule has 3 aromatic rings. The Morgan fingerprint density at radius 2 is 1.87 bits per heavy atom. The first kappa shape index (κ1) is 15.4. The van der Waals surface area contributed by atoms with Gasteiger partial charge in [-0.2, -0.15) is 0 Å². The summed E-state index contributed by atoms with van der Waals surface area (Å²) in [5, 5.41) is 0. The molecule has 8 heteroatoms. The lowest BCUT2D eigenvalue weighted by atomic mass is 9.97. The van der Waals surface area contributed by atoms with Crippen molar-refractivity contribution in [1.82, 2.24) is 18.9 Å². The molecule has 0 aliphatic rings. The fraction of sp³-hybridized carbons (Fsp3) is 0.200. The highest BCUT2D eigenvalue weighted by Gasteiger charge is 2.22. The van der Waals surface area contributed by atoms with Crippen molar-refractivity contribution in [1.29, 1.82) is 0 Å². The number of rotatable bonds is 3. The van der Waals surface area contributed by atoms with Crippen molar-refractivity contribution >= 4 is 27.5 Å². The number of Topliss-reactive ketones (excluding diaryl/α,β-unsaturated/α-hetero) is 1. The number of hydrogen-bond acceptors (Lipinski definition) is 4. The maximum atomic E-state index is 12.6. The zero-order valence-corrected chi connectivity index (χ0v) is 14.0. The molecule has 1 N–H and O–H groups in total. The van der Waals surface area contributed by atoms with Gasteiger partial charge in [0.2, 0.25) is 5.78 Å². The summed E-state index contributed by atoms with van der Waals surface area (Å²) in [6.07, 6.45) is 1.45. The summed E-state index contributed by atoms with van der Waals surface area (Å²) < 4.78 is 3.35. The van der Waals surface area contributed by atoms with E-state index < -0.39 is 17.3 Å². The van der Waals surface area contributed by atoms with E-state index >= 15 is 0 Å². The number of carbonyl (C=O) groups excluding carboxylic acids is 1. The summed E-state index contributed by atoms with van der Waals surface area (Å²) in [6.45, 7) is 1.71. The SMILES string of the molecule is C[C@@H](C(=O)c1ccc(Br)cc1)c1cnc2n(C)c(=O)[nH]c(=O)n12. The number of benzene rings is 1. The van der Waals surface area contributed by atoms with E-state index in [-0.39, 0.29) is 11.6 Å². The van der Waals surface area contributed by atoms with Gasteiger partial charge in [0.05, 0.1) is 17.8 Å². The van der Waals surface area contributed by atoms with Crippen molar-refractivity contribution < 1.29 is 4.79 Å². The van der Waals surface area contributed by atoms with Gasteiger partial charge in [0.25, 0.3) is 0 Å². The van der Waals surface area contributed by atoms with Crippen molar-refractivity contribution in [3.8, 4) is 0 Å². The second-order valence-corrected chi connectivity index (χ2v) is 6.12. The molecule has 0 amide bonds. The Hall–Kier alpha value is -2.48. The van der Waals surface area contributed by atoms with Gasteiger partial charge in [-0.05, 0) is 19.1 Å². The second kappa shape index (κ2) is 5.62. The topological polar surface area (TPSA) is 89.2 Å². The first-order valence-corrected chi connectivity index (χ1v) is 7.66. The largest absolute Gasteiger partial charge is 0.336 e. The number of ketones is 1. The van der Waals surface area contributed by atoms with Gasteiger partial charge in [-0.3, -0.25) is 14.3 Å². The van der Waals surface area contributed by atoms with Crippen LogP contribution >= 0.6 is 15.9 Å². The highest BCUT2D eigenvalue weighted by Crippen LogP contribution is 2.21. The third-order valence-electron chi connectivity index (χ3n) is 3.76. The number of nitrogens with zero attached hydrogens (tertiary/aromatic N) is 3. The summed E-state index contributed by atoms with van der Waals surface area (Å²) in [4.78, 5) is 42.6. The van der Waals surface area contributed by atoms with Crippen molar-refractivity contribution in [2.24, 2.45) is 7.05 Å². The maximum absolute atomic E-state index is 12.6. The van der Waals surface area contributed by atoms with Crippen LogP contribution in [0.5, 0.6) is 0 Å². The predicted octanol–water partition coefficient (Wildman–Crippen LogP) is 1.47. The van der Waals surface area contributed by atoms with Gasteiger partial charge in [0, 0.05) is 17.1 Å². The Morgan fingerprint density at radius 3 is 2.52 bits per heavy atom. The molecule has 1 atom stereocenters. The number of aromatic nitrogens is 4. The lowest BCUT2D eigenvalue weighted by Gasteiger charge is -2.10. The van der Waals surface area contributed by atoms with Gasteiger partial charge in [-0.25, -0.2) is 19.0 Å². The van der Waals surface area contributed by atoms with Crippen LogP contribution in [0, 0.1) is 0 Å². The summed E-state index contributed by atoms with van der Waals surface area (Å²) in [5.74, 6) is -0.512. The van der Waals surface area contributed by atoms with Crippen LogP contribution < -0.4 is 11.4 Å². The predicted molar refractivity (Wildman–Crippen MR) is 87.9 cm³/mol. The minimum atomic E-state index is -0.606. The summed E-state index contributed by atoms with van der Waals surface area (Å²) in [6, 6.07) is 6.99. The molecule has 0 aliphatic heterocycles. The van der Waals surface area contributed by atoms with Crippen LogP contribution in [0.25, 0.3) is 5.78 Å². The van der Waals surface area contributed by atoms with E-state index in [1.54, 1.807) is 31.2 Å². The Kier molecular flexibility index (Phi) is 3.77. The van der Waals surface area contributed by atoms with Crippen LogP contribution in [0.3, 0.4) is 0 Å². The van der Waals surface area contributed by atoms with Crippen molar-refractivity contribution in [2.45, 2.75) is 12.8 Å². The van der Waals surface area contributed by atoms with Gasteiger partial charge < -0.3 is 0 Å². The molecule has 2 aromatic heterocycles. The van der Waals surface area contributed by atoms with Crippen LogP contribution in [-0.4, -0.2) is 24.7 Å². The number of nitrogens with one attached hydrogen (secondary N) is 1. The van der Waals surface area contributed by atoms with Gasteiger partial charge >= 0.3 is 11.4 Å². The molecule has 0 fully saturated rings. The molecule has 0 saturated heterocycles. The number of fused-ring (bicyclic) bond motifs is 1. The summed E-state index contributed by atoms with van der Waals surface area (Å²) in [5.41, 5.74) is -0.181. The minimum Gasteiger partial charge on any atom is -0.293 e. The average Bonchev–Trinajstić information content (AvgIpc) is 2.97. The molecule has 23 heavy (non-hydrogen) atoms. The number of imidazole rings is 1. The third kappa shape index (κ3) is 2.55. The molecule has 0 aliphatic carbocycles. The molecule has 0 saturated carbocycles. The monoisotopic (exact) mass is 376 g/mol. The van der Waals surface area contributed by atoms with Gasteiger partial charge in [0.1, 0.15) is 0 Å². The van der Waals surface area contributed by atoms with Crippen molar-refractivity contribution in [2.75, 3.05) is 0 Å².